The molecule has 1 aliphatic rings. The lowest BCUT2D eigenvalue weighted by Gasteiger charge is -2.29. The zero-order chi connectivity index (χ0) is 17.5. The third-order valence-corrected chi connectivity index (χ3v) is 5.24. The van der Waals surface area contributed by atoms with Crippen molar-refractivity contribution in [2.75, 3.05) is 41.4 Å². The maximum absolute atomic E-state index is 12.0. The first-order chi connectivity index (χ1) is 12.2. The molecule has 6 nitrogen and oxygen atoms in total. The molecule has 0 spiro atoms. The molecule has 1 saturated heterocycles. The van der Waals surface area contributed by atoms with Crippen LogP contribution in [0, 0.1) is 0 Å². The molecule has 0 atom stereocenters. The van der Waals surface area contributed by atoms with E-state index in [9.17, 15) is 4.79 Å². The van der Waals surface area contributed by atoms with E-state index in [0.717, 1.165) is 43.2 Å². The molecule has 25 heavy (non-hydrogen) atoms. The van der Waals surface area contributed by atoms with Crippen molar-refractivity contribution in [2.24, 2.45) is 0 Å². The van der Waals surface area contributed by atoms with Crippen molar-refractivity contribution in [3.05, 3.63) is 41.9 Å². The maximum Gasteiger partial charge on any atom is 0.319 e. The normalized spacial score (nSPS) is 14.4. The summed E-state index contributed by atoms with van der Waals surface area (Å²) in [4.78, 5) is 18.3. The van der Waals surface area contributed by atoms with Crippen molar-refractivity contribution in [3.63, 3.8) is 0 Å². The van der Waals surface area contributed by atoms with Gasteiger partial charge in [0.05, 0.1) is 17.0 Å². The first kappa shape index (κ1) is 17.9. The van der Waals surface area contributed by atoms with Crippen molar-refractivity contribution in [2.45, 2.75) is 13.0 Å². The van der Waals surface area contributed by atoms with E-state index < -0.39 is 0 Å². The molecule has 134 valence electrons. The van der Waals surface area contributed by atoms with Crippen LogP contribution >= 0.6 is 23.4 Å². The Balaban J connectivity index is 1.45. The lowest BCUT2D eigenvalue weighted by Crippen LogP contribution is -2.32. The average Bonchev–Trinajstić information content (AvgIpc) is 3.13. The minimum absolute atomic E-state index is 0.219. The molecule has 1 aliphatic heterocycles. The van der Waals surface area contributed by atoms with Crippen LogP contribution in [-0.4, -0.2) is 46.7 Å². The van der Waals surface area contributed by atoms with Gasteiger partial charge in [-0.25, -0.2) is 9.78 Å². The van der Waals surface area contributed by atoms with E-state index in [1.165, 1.54) is 0 Å². The maximum atomic E-state index is 12.0. The van der Waals surface area contributed by atoms with E-state index in [1.54, 1.807) is 12.5 Å². The highest BCUT2D eigenvalue weighted by Gasteiger charge is 2.14. The molecule has 0 aliphatic carbocycles. The van der Waals surface area contributed by atoms with Crippen LogP contribution in [0.1, 0.15) is 6.42 Å². The van der Waals surface area contributed by atoms with Crippen LogP contribution in [0.2, 0.25) is 5.02 Å². The molecule has 2 aromatic rings. The summed E-state index contributed by atoms with van der Waals surface area (Å²) in [5.41, 5.74) is 1.74. The fraction of sp³-hybridized carbons (Fsp3) is 0.412. The van der Waals surface area contributed by atoms with Crippen LogP contribution in [0.15, 0.2) is 36.9 Å². The minimum Gasteiger partial charge on any atom is -0.369 e. The number of benzene rings is 1. The number of aromatic nitrogens is 2. The Morgan fingerprint density at radius 1 is 1.32 bits per heavy atom. The van der Waals surface area contributed by atoms with Crippen LogP contribution in [0.3, 0.4) is 0 Å². The van der Waals surface area contributed by atoms with Crippen LogP contribution in [-0.2, 0) is 6.54 Å². The van der Waals surface area contributed by atoms with Gasteiger partial charge in [0.2, 0.25) is 0 Å². The van der Waals surface area contributed by atoms with Crippen molar-refractivity contribution in [1.82, 2.24) is 14.9 Å². The van der Waals surface area contributed by atoms with Crippen LogP contribution in [0.4, 0.5) is 16.2 Å². The minimum atomic E-state index is -0.219. The molecular formula is C17H22ClN5OS. The highest BCUT2D eigenvalue weighted by atomic mass is 35.5. The van der Waals surface area contributed by atoms with Gasteiger partial charge in [0.15, 0.2) is 0 Å². The van der Waals surface area contributed by atoms with E-state index >= 15 is 0 Å². The van der Waals surface area contributed by atoms with E-state index in [2.05, 4.69) is 20.5 Å². The highest BCUT2D eigenvalue weighted by molar-refractivity contribution is 7.99. The molecule has 8 heteroatoms. The standard InChI is InChI=1S/C17H22ClN5OS/c18-15-12-14(2-3-16(15)23-8-10-25-11-9-23)21-17(24)20-4-1-6-22-7-5-19-13-22/h2-3,5,7,12-13H,1,4,6,8-11H2,(H2,20,21,24). The lowest BCUT2D eigenvalue weighted by molar-refractivity contribution is 0.252. The first-order valence-electron chi connectivity index (χ1n) is 8.35. The second kappa shape index (κ2) is 9.01. The summed E-state index contributed by atoms with van der Waals surface area (Å²) >= 11 is 8.37. The van der Waals surface area contributed by atoms with E-state index in [-0.39, 0.29) is 6.03 Å². The number of halogens is 1. The third kappa shape index (κ3) is 5.31. The number of hydrogen-bond donors (Lipinski definition) is 2. The Bertz CT molecular complexity index is 688. The number of thioether (sulfide) groups is 1. The van der Waals surface area contributed by atoms with E-state index in [0.29, 0.717) is 17.3 Å². The topological polar surface area (TPSA) is 62.2 Å². The zero-order valence-electron chi connectivity index (χ0n) is 13.9. The predicted molar refractivity (Wildman–Crippen MR) is 105 cm³/mol. The Labute approximate surface area is 156 Å². The van der Waals surface area contributed by atoms with Crippen molar-refractivity contribution >= 4 is 40.8 Å². The summed E-state index contributed by atoms with van der Waals surface area (Å²) in [6, 6.07) is 5.47. The smallest absolute Gasteiger partial charge is 0.319 e. The lowest BCUT2D eigenvalue weighted by atomic mass is 10.2. The number of aryl methyl sites for hydroxylation is 1. The van der Waals surface area contributed by atoms with Crippen molar-refractivity contribution in [1.29, 1.82) is 0 Å². The second-order valence-electron chi connectivity index (χ2n) is 5.80. The summed E-state index contributed by atoms with van der Waals surface area (Å²) in [5.74, 6) is 2.25. The number of nitrogens with zero attached hydrogens (tertiary/aromatic N) is 3. The summed E-state index contributed by atoms with van der Waals surface area (Å²) in [6.07, 6.45) is 6.27. The first-order valence-corrected chi connectivity index (χ1v) is 9.88. The van der Waals surface area contributed by atoms with Crippen LogP contribution < -0.4 is 15.5 Å². The highest BCUT2D eigenvalue weighted by Crippen LogP contribution is 2.30. The number of carbonyl (C=O) groups is 1. The molecular weight excluding hydrogens is 358 g/mol. The van der Waals surface area contributed by atoms with Crippen LogP contribution in [0.25, 0.3) is 0 Å². The second-order valence-corrected chi connectivity index (χ2v) is 7.43. The Kier molecular flexibility index (Phi) is 6.47. The van der Waals surface area contributed by atoms with Gasteiger partial charge in [-0.05, 0) is 24.6 Å². The van der Waals surface area contributed by atoms with Crippen LogP contribution in [0.5, 0.6) is 0 Å². The largest absolute Gasteiger partial charge is 0.369 e. The van der Waals surface area contributed by atoms with Gasteiger partial charge in [-0.15, -0.1) is 0 Å². The number of amides is 2. The van der Waals surface area contributed by atoms with Gasteiger partial charge in [0.25, 0.3) is 0 Å². The van der Waals surface area contributed by atoms with Gasteiger partial charge in [0, 0.05) is 55.8 Å². The molecule has 3 rings (SSSR count). The Morgan fingerprint density at radius 3 is 2.88 bits per heavy atom. The molecule has 1 fully saturated rings. The Hall–Kier alpha value is -1.86. The quantitative estimate of drug-likeness (QED) is 0.756. The third-order valence-electron chi connectivity index (χ3n) is 4.00. The predicted octanol–water partition coefficient (Wildman–Crippen LogP) is 3.30. The summed E-state index contributed by atoms with van der Waals surface area (Å²) in [7, 11) is 0. The SMILES string of the molecule is O=C(NCCCn1ccnc1)Nc1ccc(N2CCSCC2)c(Cl)c1. The molecule has 1 aromatic carbocycles. The number of urea groups is 1. The molecule has 0 radical (unpaired) electrons. The molecule has 2 amide bonds. The molecule has 2 N–H and O–H groups in total. The fourth-order valence-corrected chi connectivity index (χ4v) is 3.91. The molecule has 0 bridgehead atoms. The number of imidazole rings is 1. The molecule has 0 saturated carbocycles. The van der Waals surface area contributed by atoms with E-state index in [4.69, 9.17) is 11.6 Å². The number of rotatable bonds is 6. The van der Waals surface area contributed by atoms with Gasteiger partial charge in [0.1, 0.15) is 0 Å². The van der Waals surface area contributed by atoms with Gasteiger partial charge >= 0.3 is 6.03 Å². The van der Waals surface area contributed by atoms with E-state index in [1.807, 2.05) is 40.7 Å². The van der Waals surface area contributed by atoms with Gasteiger partial charge in [-0.2, -0.15) is 11.8 Å². The monoisotopic (exact) mass is 379 g/mol. The average molecular weight is 380 g/mol. The summed E-state index contributed by atoms with van der Waals surface area (Å²) in [5, 5.41) is 6.35. The molecule has 1 aromatic heterocycles. The summed E-state index contributed by atoms with van der Waals surface area (Å²) < 4.78 is 1.98. The summed E-state index contributed by atoms with van der Waals surface area (Å²) in [6.45, 7) is 3.44. The number of hydrogen-bond acceptors (Lipinski definition) is 4. The molecule has 0 unspecified atom stereocenters. The van der Waals surface area contributed by atoms with Crippen molar-refractivity contribution in [3.8, 4) is 0 Å². The number of nitrogens with one attached hydrogen (secondary N) is 2. The Morgan fingerprint density at radius 2 is 2.16 bits per heavy atom. The molecule has 2 heterocycles. The number of anilines is 2. The van der Waals surface area contributed by atoms with Crippen molar-refractivity contribution < 1.29 is 4.79 Å². The van der Waals surface area contributed by atoms with Gasteiger partial charge in [-0.1, -0.05) is 11.6 Å². The van der Waals surface area contributed by atoms with Gasteiger partial charge in [-0.3, -0.25) is 0 Å². The fourth-order valence-electron chi connectivity index (χ4n) is 2.70. The zero-order valence-corrected chi connectivity index (χ0v) is 15.5. The van der Waals surface area contributed by atoms with Gasteiger partial charge < -0.3 is 20.1 Å². The number of carbonyl (C=O) groups excluding carboxylic acids is 1.